The van der Waals surface area contributed by atoms with Crippen molar-refractivity contribution in [1.82, 2.24) is 15.1 Å². The Labute approximate surface area is 230 Å². The molecule has 0 spiro atoms. The lowest BCUT2D eigenvalue weighted by Gasteiger charge is -2.34. The van der Waals surface area contributed by atoms with Crippen LogP contribution >= 0.6 is 35.6 Å². The number of ether oxygens (including phenoxy) is 1. The molecule has 2 aromatic carbocycles. The number of anilines is 1. The standard InChI is InChI=1S/C25H24Cl2FN5O3.ClH/c1-15-13-32-10-9-21(31(2)22(34)12-30-25(29)35)23(36-14-18-19(26)7-4-8-20(18)27)24(32)33(15)17-6-3-5-16(28)11-17;/h3-9,11,13H,10,12,14H2,1-2H3,(H3,29,30,35);1H. The molecule has 37 heavy (non-hydrogen) atoms. The maximum absolute atomic E-state index is 14.1. The molecule has 2 aromatic rings. The van der Waals surface area contributed by atoms with Gasteiger partial charge in [0.05, 0.1) is 17.9 Å². The van der Waals surface area contributed by atoms with Crippen LogP contribution in [0.4, 0.5) is 14.9 Å². The Bertz CT molecular complexity index is 1290. The molecule has 0 unspecified atom stereocenters. The largest absolute Gasteiger partial charge is 0.483 e. The summed E-state index contributed by atoms with van der Waals surface area (Å²) in [5.74, 6) is 0.151. The van der Waals surface area contributed by atoms with E-state index in [4.69, 9.17) is 33.7 Å². The number of nitrogens with one attached hydrogen (secondary N) is 1. The quantitative estimate of drug-likeness (QED) is 0.493. The minimum absolute atomic E-state index is 0. The van der Waals surface area contributed by atoms with Gasteiger partial charge in [-0.25, -0.2) is 9.18 Å². The molecule has 0 fully saturated rings. The van der Waals surface area contributed by atoms with Crippen molar-refractivity contribution >= 4 is 53.2 Å². The van der Waals surface area contributed by atoms with Gasteiger partial charge in [0.25, 0.3) is 0 Å². The van der Waals surface area contributed by atoms with E-state index in [9.17, 15) is 14.0 Å². The molecule has 0 aromatic heterocycles. The Morgan fingerprint density at radius 2 is 1.86 bits per heavy atom. The van der Waals surface area contributed by atoms with Gasteiger partial charge in [0.15, 0.2) is 11.6 Å². The van der Waals surface area contributed by atoms with E-state index in [0.29, 0.717) is 45.1 Å². The zero-order valence-corrected chi connectivity index (χ0v) is 22.3. The topological polar surface area (TPSA) is 91.1 Å². The van der Waals surface area contributed by atoms with Crippen molar-refractivity contribution in [3.05, 3.63) is 99.1 Å². The molecule has 0 saturated heterocycles. The number of nitrogens with zero attached hydrogens (tertiary/aromatic N) is 3. The van der Waals surface area contributed by atoms with Gasteiger partial charge in [0.1, 0.15) is 12.4 Å². The molecule has 2 aliphatic rings. The van der Waals surface area contributed by atoms with Crippen LogP contribution in [0.3, 0.4) is 0 Å². The minimum atomic E-state index is -0.809. The highest BCUT2D eigenvalue weighted by molar-refractivity contribution is 6.35. The van der Waals surface area contributed by atoms with E-state index < -0.39 is 11.9 Å². The van der Waals surface area contributed by atoms with Crippen LogP contribution < -0.4 is 16.0 Å². The molecule has 8 nitrogen and oxygen atoms in total. The van der Waals surface area contributed by atoms with Crippen LogP contribution in [0.5, 0.6) is 0 Å². The Hall–Kier alpha value is -3.40. The van der Waals surface area contributed by atoms with Gasteiger partial charge in [-0.3, -0.25) is 9.69 Å². The predicted octanol–water partition coefficient (Wildman–Crippen LogP) is 4.95. The van der Waals surface area contributed by atoms with Crippen LogP contribution in [0.25, 0.3) is 0 Å². The number of rotatable bonds is 7. The summed E-state index contributed by atoms with van der Waals surface area (Å²) in [6.07, 6.45) is 3.74. The van der Waals surface area contributed by atoms with Crippen LogP contribution in [0.1, 0.15) is 12.5 Å². The summed E-state index contributed by atoms with van der Waals surface area (Å²) in [6, 6.07) is 10.5. The number of likely N-dealkylation sites (N-methyl/N-ethyl adjacent to an activating group) is 1. The highest BCUT2D eigenvalue weighted by Crippen LogP contribution is 2.40. The zero-order chi connectivity index (χ0) is 26.0. The van der Waals surface area contributed by atoms with E-state index in [-0.39, 0.29) is 31.4 Å². The number of amides is 3. The first kappa shape index (κ1) is 28.2. The molecule has 0 aliphatic carbocycles. The monoisotopic (exact) mass is 567 g/mol. The molecular weight excluding hydrogens is 544 g/mol. The van der Waals surface area contributed by atoms with Gasteiger partial charge in [-0.1, -0.05) is 35.3 Å². The van der Waals surface area contributed by atoms with Crippen LogP contribution in [-0.4, -0.2) is 41.9 Å². The van der Waals surface area contributed by atoms with Crippen molar-refractivity contribution in [2.45, 2.75) is 13.5 Å². The number of primary amides is 1. The van der Waals surface area contributed by atoms with Crippen LogP contribution in [0, 0.1) is 5.82 Å². The van der Waals surface area contributed by atoms with Gasteiger partial charge in [-0.05, 0) is 43.3 Å². The summed E-state index contributed by atoms with van der Waals surface area (Å²) in [5, 5.41) is 3.17. The summed E-state index contributed by atoms with van der Waals surface area (Å²) in [7, 11) is 1.57. The molecule has 0 bridgehead atoms. The van der Waals surface area contributed by atoms with E-state index in [1.54, 1.807) is 37.4 Å². The number of urea groups is 1. The second kappa shape index (κ2) is 11.8. The van der Waals surface area contributed by atoms with E-state index in [1.807, 2.05) is 29.0 Å². The lowest BCUT2D eigenvalue weighted by atomic mass is 10.2. The average Bonchev–Trinajstić information content (AvgIpc) is 3.17. The van der Waals surface area contributed by atoms with Gasteiger partial charge in [-0.2, -0.15) is 0 Å². The van der Waals surface area contributed by atoms with Crippen molar-refractivity contribution in [2.75, 3.05) is 25.0 Å². The molecule has 0 atom stereocenters. The summed E-state index contributed by atoms with van der Waals surface area (Å²) in [6.45, 7) is 2.04. The number of hydrogen-bond donors (Lipinski definition) is 2. The molecule has 2 heterocycles. The van der Waals surface area contributed by atoms with Gasteiger partial charge in [0.2, 0.25) is 5.91 Å². The summed E-state index contributed by atoms with van der Waals surface area (Å²) >= 11 is 12.7. The molecule has 4 rings (SSSR count). The van der Waals surface area contributed by atoms with Gasteiger partial charge < -0.3 is 25.6 Å². The van der Waals surface area contributed by atoms with Gasteiger partial charge in [0, 0.05) is 41.1 Å². The molecule has 3 amide bonds. The van der Waals surface area contributed by atoms with E-state index in [2.05, 4.69) is 5.32 Å². The maximum atomic E-state index is 14.1. The predicted molar refractivity (Wildman–Crippen MR) is 143 cm³/mol. The third-order valence-electron chi connectivity index (χ3n) is 5.73. The Kier molecular flexibility index (Phi) is 8.96. The van der Waals surface area contributed by atoms with Crippen molar-refractivity contribution in [3.8, 4) is 0 Å². The Balaban J connectivity index is 0.00000380. The first-order valence-corrected chi connectivity index (χ1v) is 11.7. The van der Waals surface area contributed by atoms with Crippen molar-refractivity contribution in [1.29, 1.82) is 0 Å². The highest BCUT2D eigenvalue weighted by Gasteiger charge is 2.36. The number of benzene rings is 2. The smallest absolute Gasteiger partial charge is 0.312 e. The molecule has 196 valence electrons. The molecule has 3 N–H and O–H groups in total. The second-order valence-corrected chi connectivity index (χ2v) is 8.95. The molecular formula is C25H25Cl3FN5O3. The summed E-state index contributed by atoms with van der Waals surface area (Å²) < 4.78 is 20.5. The zero-order valence-electron chi connectivity index (χ0n) is 20.0. The molecule has 0 radical (unpaired) electrons. The van der Waals surface area contributed by atoms with E-state index in [0.717, 1.165) is 5.70 Å². The Morgan fingerprint density at radius 1 is 1.19 bits per heavy atom. The summed E-state index contributed by atoms with van der Waals surface area (Å²) in [4.78, 5) is 29.1. The van der Waals surface area contributed by atoms with Crippen LogP contribution in [-0.2, 0) is 16.1 Å². The number of fused-ring (bicyclic) bond motifs is 1. The number of nitrogens with two attached hydrogens (primary N) is 1. The molecule has 2 aliphatic heterocycles. The third kappa shape index (κ3) is 5.95. The number of carbonyl (C=O) groups excluding carboxylic acids is 2. The normalized spacial score (nSPS) is 14.4. The number of hydrogen-bond acceptors (Lipinski definition) is 5. The second-order valence-electron chi connectivity index (χ2n) is 8.14. The third-order valence-corrected chi connectivity index (χ3v) is 6.44. The molecule has 0 saturated carbocycles. The number of allylic oxidation sites excluding steroid dienone is 1. The SMILES string of the molecule is CC1=CN2CC=C(N(C)C(=O)CNC(N)=O)C(OCc3c(Cl)cccc3Cl)=C2N1c1cccc(F)c1.Cl. The number of carbonyl (C=O) groups is 2. The van der Waals surface area contributed by atoms with E-state index >= 15 is 0 Å². The van der Waals surface area contributed by atoms with Crippen LogP contribution in [0.15, 0.2) is 77.7 Å². The van der Waals surface area contributed by atoms with Gasteiger partial charge >= 0.3 is 6.03 Å². The minimum Gasteiger partial charge on any atom is -0.483 e. The molecule has 12 heteroatoms. The van der Waals surface area contributed by atoms with Crippen molar-refractivity contribution < 1.29 is 18.7 Å². The Morgan fingerprint density at radius 3 is 2.51 bits per heavy atom. The van der Waals surface area contributed by atoms with Gasteiger partial charge in [-0.15, -0.1) is 12.4 Å². The lowest BCUT2D eigenvalue weighted by molar-refractivity contribution is -0.127. The highest BCUT2D eigenvalue weighted by atomic mass is 35.5. The van der Waals surface area contributed by atoms with E-state index in [1.165, 1.54) is 17.0 Å². The van der Waals surface area contributed by atoms with Crippen LogP contribution in [0.2, 0.25) is 10.0 Å². The van der Waals surface area contributed by atoms with Crippen molar-refractivity contribution in [2.24, 2.45) is 5.73 Å². The van der Waals surface area contributed by atoms with Crippen molar-refractivity contribution in [3.63, 3.8) is 0 Å². The fraction of sp³-hybridized carbons (Fsp3) is 0.200. The number of halogens is 4. The fourth-order valence-electron chi connectivity index (χ4n) is 4.00. The fourth-order valence-corrected chi connectivity index (χ4v) is 4.51. The first-order valence-electron chi connectivity index (χ1n) is 11.0. The summed E-state index contributed by atoms with van der Waals surface area (Å²) in [5.41, 5.74) is 7.58. The average molecular weight is 569 g/mol. The lowest BCUT2D eigenvalue weighted by Crippen LogP contribution is -2.42. The first-order chi connectivity index (χ1) is 17.2. The maximum Gasteiger partial charge on any atom is 0.312 e.